The first kappa shape index (κ1) is 18.7. The van der Waals surface area contributed by atoms with E-state index in [1.54, 1.807) is 11.8 Å². The molecule has 29 heavy (non-hydrogen) atoms. The molecule has 2 aromatic carbocycles. The number of methoxy groups -OCH3 is 1. The maximum atomic E-state index is 12.4. The minimum Gasteiger partial charge on any atom is -0.493 e. The first-order chi connectivity index (χ1) is 14.1. The number of rotatable bonds is 6. The van der Waals surface area contributed by atoms with Crippen molar-refractivity contribution >= 4 is 11.7 Å². The number of nitrogens with one attached hydrogen (secondary N) is 1. The van der Waals surface area contributed by atoms with E-state index in [-0.39, 0.29) is 5.78 Å². The third-order valence-corrected chi connectivity index (χ3v) is 4.83. The summed E-state index contributed by atoms with van der Waals surface area (Å²) in [6.45, 7) is 3.81. The summed E-state index contributed by atoms with van der Waals surface area (Å²) in [6, 6.07) is 15.1. The molecular weight excluding hydrogens is 370 g/mol. The van der Waals surface area contributed by atoms with Gasteiger partial charge in [0.1, 0.15) is 12.6 Å². The van der Waals surface area contributed by atoms with E-state index in [4.69, 9.17) is 9.47 Å². The maximum absolute atomic E-state index is 12.4. The van der Waals surface area contributed by atoms with Gasteiger partial charge in [-0.3, -0.25) is 4.79 Å². The van der Waals surface area contributed by atoms with E-state index in [2.05, 4.69) is 20.8 Å². The topological polar surface area (TPSA) is 91.2 Å². The van der Waals surface area contributed by atoms with E-state index in [9.17, 15) is 4.79 Å². The molecule has 0 amide bonds. The number of ketones is 1. The highest BCUT2D eigenvalue weighted by Gasteiger charge is 2.32. The highest BCUT2D eigenvalue weighted by Crippen LogP contribution is 2.38. The van der Waals surface area contributed by atoms with E-state index < -0.39 is 6.04 Å². The van der Waals surface area contributed by atoms with Gasteiger partial charge in [0.25, 0.3) is 0 Å². The van der Waals surface area contributed by atoms with Crippen LogP contribution in [0.25, 0.3) is 0 Å². The van der Waals surface area contributed by atoms with Crippen LogP contribution in [0.15, 0.2) is 59.8 Å². The highest BCUT2D eigenvalue weighted by molar-refractivity contribution is 5.96. The van der Waals surface area contributed by atoms with Crippen molar-refractivity contribution < 1.29 is 14.3 Å². The van der Waals surface area contributed by atoms with Crippen LogP contribution in [0.3, 0.4) is 0 Å². The molecule has 8 nitrogen and oxygen atoms in total. The predicted octanol–water partition coefficient (Wildman–Crippen LogP) is 3.14. The molecule has 1 N–H and O–H groups in total. The number of anilines is 1. The number of ether oxygens (including phenoxy) is 2. The Morgan fingerprint density at radius 1 is 1.17 bits per heavy atom. The number of hydrogen-bond acceptors (Lipinski definition) is 7. The van der Waals surface area contributed by atoms with E-state index >= 15 is 0 Å². The molecule has 148 valence electrons. The van der Waals surface area contributed by atoms with Crippen molar-refractivity contribution in [2.75, 3.05) is 12.4 Å². The number of benzene rings is 2. The van der Waals surface area contributed by atoms with Crippen LogP contribution in [0.4, 0.5) is 5.95 Å². The standard InChI is InChI=1S/C21H21N5O3/c1-13-19(14(2)27)20(26-21(22-13)23-24-25-26)16-9-10-17(18(11-16)28-3)29-12-15-7-5-4-6-8-15/h4-11,20H,12H2,1-3H3,(H,22,23,25). The van der Waals surface area contributed by atoms with Crippen LogP contribution in [0, 0.1) is 0 Å². The van der Waals surface area contributed by atoms with Gasteiger partial charge in [-0.05, 0) is 47.5 Å². The van der Waals surface area contributed by atoms with Crippen molar-refractivity contribution in [3.63, 3.8) is 0 Å². The molecule has 4 rings (SSSR count). The predicted molar refractivity (Wildman–Crippen MR) is 107 cm³/mol. The van der Waals surface area contributed by atoms with E-state index in [0.717, 1.165) is 16.8 Å². The number of aromatic nitrogens is 4. The second kappa shape index (κ2) is 7.75. The van der Waals surface area contributed by atoms with E-state index in [0.29, 0.717) is 29.6 Å². The molecule has 1 aliphatic rings. The second-order valence-corrected chi connectivity index (χ2v) is 6.75. The molecule has 0 radical (unpaired) electrons. The fourth-order valence-corrected chi connectivity index (χ4v) is 3.49. The Kier molecular flexibility index (Phi) is 4.99. The average Bonchev–Trinajstić information content (AvgIpc) is 3.19. The smallest absolute Gasteiger partial charge is 0.248 e. The number of Topliss-reactive ketones (excluding diaryl/α,β-unsaturated/α-hetero) is 1. The molecule has 2 heterocycles. The van der Waals surface area contributed by atoms with Gasteiger partial charge in [-0.15, -0.1) is 0 Å². The summed E-state index contributed by atoms with van der Waals surface area (Å²) in [6.07, 6.45) is 0. The molecule has 0 fully saturated rings. The molecule has 0 spiro atoms. The Hall–Kier alpha value is -3.68. The van der Waals surface area contributed by atoms with Crippen LogP contribution in [-0.2, 0) is 11.4 Å². The lowest BCUT2D eigenvalue weighted by Gasteiger charge is -2.27. The molecule has 0 aliphatic carbocycles. The number of allylic oxidation sites excluding steroid dienone is 2. The van der Waals surface area contributed by atoms with Gasteiger partial charge in [-0.1, -0.05) is 41.5 Å². The second-order valence-electron chi connectivity index (χ2n) is 6.75. The zero-order valence-electron chi connectivity index (χ0n) is 16.4. The fraction of sp³-hybridized carbons (Fsp3) is 0.238. The van der Waals surface area contributed by atoms with Crippen molar-refractivity contribution in [2.24, 2.45) is 0 Å². The zero-order valence-corrected chi connectivity index (χ0v) is 16.4. The monoisotopic (exact) mass is 391 g/mol. The number of hydrogen-bond donors (Lipinski definition) is 1. The quantitative estimate of drug-likeness (QED) is 0.690. The van der Waals surface area contributed by atoms with Crippen LogP contribution >= 0.6 is 0 Å². The van der Waals surface area contributed by atoms with Gasteiger partial charge in [0.2, 0.25) is 5.95 Å². The van der Waals surface area contributed by atoms with Gasteiger partial charge in [-0.2, -0.15) is 4.68 Å². The lowest BCUT2D eigenvalue weighted by atomic mass is 9.93. The minimum atomic E-state index is -0.448. The lowest BCUT2D eigenvalue weighted by Crippen LogP contribution is -2.27. The van der Waals surface area contributed by atoms with Crippen LogP contribution < -0.4 is 14.8 Å². The zero-order chi connectivity index (χ0) is 20.4. The fourth-order valence-electron chi connectivity index (χ4n) is 3.49. The SMILES string of the molecule is COc1cc(C2C(C(C)=O)=C(C)Nc3nnnn32)ccc1OCc1ccccc1. The van der Waals surface area contributed by atoms with Gasteiger partial charge < -0.3 is 14.8 Å². The van der Waals surface area contributed by atoms with Crippen molar-refractivity contribution in [3.8, 4) is 11.5 Å². The Labute approximate surface area is 168 Å². The Morgan fingerprint density at radius 3 is 2.69 bits per heavy atom. The summed E-state index contributed by atoms with van der Waals surface area (Å²) in [5.74, 6) is 1.63. The number of fused-ring (bicyclic) bond motifs is 1. The van der Waals surface area contributed by atoms with Gasteiger partial charge in [0, 0.05) is 11.3 Å². The van der Waals surface area contributed by atoms with Crippen LogP contribution in [0.2, 0.25) is 0 Å². The van der Waals surface area contributed by atoms with Crippen LogP contribution in [0.1, 0.15) is 31.0 Å². The third-order valence-electron chi connectivity index (χ3n) is 4.83. The summed E-state index contributed by atoms with van der Waals surface area (Å²) in [4.78, 5) is 12.4. The Bertz CT molecular complexity index is 1070. The molecule has 1 atom stereocenters. The summed E-state index contributed by atoms with van der Waals surface area (Å²) in [5.41, 5.74) is 3.22. The average molecular weight is 391 g/mol. The molecule has 3 aromatic rings. The summed E-state index contributed by atoms with van der Waals surface area (Å²) in [5, 5.41) is 14.9. The molecule has 0 bridgehead atoms. The molecule has 0 saturated carbocycles. The largest absolute Gasteiger partial charge is 0.493 e. The molecule has 1 aliphatic heterocycles. The Balaban J connectivity index is 1.69. The molecule has 1 aromatic heterocycles. The minimum absolute atomic E-state index is 0.0514. The van der Waals surface area contributed by atoms with Gasteiger partial charge in [0.15, 0.2) is 17.3 Å². The highest BCUT2D eigenvalue weighted by atomic mass is 16.5. The van der Waals surface area contributed by atoms with Gasteiger partial charge in [0.05, 0.1) is 7.11 Å². The van der Waals surface area contributed by atoms with Crippen LogP contribution in [0.5, 0.6) is 11.5 Å². The molecule has 8 heteroatoms. The molecule has 1 unspecified atom stereocenters. The first-order valence-electron chi connectivity index (χ1n) is 9.19. The lowest BCUT2D eigenvalue weighted by molar-refractivity contribution is -0.114. The van der Waals surface area contributed by atoms with Crippen molar-refractivity contribution in [1.29, 1.82) is 0 Å². The summed E-state index contributed by atoms with van der Waals surface area (Å²) in [7, 11) is 1.59. The normalized spacial score (nSPS) is 15.5. The third kappa shape index (κ3) is 3.56. The van der Waals surface area contributed by atoms with Crippen molar-refractivity contribution in [1.82, 2.24) is 20.2 Å². The van der Waals surface area contributed by atoms with Gasteiger partial charge in [-0.25, -0.2) is 0 Å². The molecule has 0 saturated heterocycles. The molecular formula is C21H21N5O3. The van der Waals surface area contributed by atoms with Crippen LogP contribution in [-0.4, -0.2) is 33.1 Å². The van der Waals surface area contributed by atoms with Crippen molar-refractivity contribution in [3.05, 3.63) is 70.9 Å². The van der Waals surface area contributed by atoms with Crippen molar-refractivity contribution in [2.45, 2.75) is 26.5 Å². The number of carbonyl (C=O) groups excluding carboxylic acids is 1. The van der Waals surface area contributed by atoms with E-state index in [1.807, 2.05) is 55.5 Å². The van der Waals surface area contributed by atoms with E-state index in [1.165, 1.54) is 6.92 Å². The number of tetrazole rings is 1. The first-order valence-corrected chi connectivity index (χ1v) is 9.19. The number of carbonyl (C=O) groups is 1. The summed E-state index contributed by atoms with van der Waals surface area (Å²) < 4.78 is 13.1. The summed E-state index contributed by atoms with van der Waals surface area (Å²) >= 11 is 0. The Morgan fingerprint density at radius 2 is 1.97 bits per heavy atom. The van der Waals surface area contributed by atoms with Gasteiger partial charge >= 0.3 is 0 Å². The maximum Gasteiger partial charge on any atom is 0.248 e. The number of nitrogens with zero attached hydrogens (tertiary/aromatic N) is 4.